The minimum atomic E-state index is -0.879. The summed E-state index contributed by atoms with van der Waals surface area (Å²) in [5.41, 5.74) is 2.21. The van der Waals surface area contributed by atoms with E-state index in [1.165, 1.54) is 30.3 Å². The van der Waals surface area contributed by atoms with Gasteiger partial charge in [-0.15, -0.1) is 0 Å². The van der Waals surface area contributed by atoms with Gasteiger partial charge in [0, 0.05) is 18.3 Å². The largest absolute Gasteiger partial charge is 0.508 e. The summed E-state index contributed by atoms with van der Waals surface area (Å²) in [5.74, 6) is -1.94. The van der Waals surface area contributed by atoms with Crippen molar-refractivity contribution < 1.29 is 23.0 Å². The standard InChI is InChI=1S/C24H19F3N2O2/c1-2-15-13-29-24(15)31-21-7-6-20(26)23(22(21)27)28-12-14-8-17(11-19(30)9-14)16-4-3-5-18(25)10-16/h3-11,13,28,30H,2,12H2,1H3. The number of aliphatic imine (C=N–C) groups is 1. The van der Waals surface area contributed by atoms with E-state index in [0.717, 1.165) is 11.6 Å². The molecule has 0 aromatic heterocycles. The molecule has 0 fully saturated rings. The van der Waals surface area contributed by atoms with Crippen LogP contribution in [0.25, 0.3) is 11.1 Å². The molecule has 0 spiro atoms. The number of hydrogen-bond donors (Lipinski definition) is 2. The molecule has 4 nitrogen and oxygen atoms in total. The van der Waals surface area contributed by atoms with Crippen molar-refractivity contribution in [2.45, 2.75) is 19.9 Å². The number of hydrogen-bond acceptors (Lipinski definition) is 4. The first-order valence-corrected chi connectivity index (χ1v) is 9.70. The fourth-order valence-corrected chi connectivity index (χ4v) is 3.22. The van der Waals surface area contributed by atoms with Crippen molar-refractivity contribution in [1.29, 1.82) is 0 Å². The van der Waals surface area contributed by atoms with E-state index in [2.05, 4.69) is 10.3 Å². The minimum absolute atomic E-state index is 0.0229. The zero-order valence-electron chi connectivity index (χ0n) is 16.6. The highest BCUT2D eigenvalue weighted by Crippen LogP contribution is 2.31. The van der Waals surface area contributed by atoms with Crippen LogP contribution in [-0.4, -0.2) is 11.0 Å². The smallest absolute Gasteiger partial charge is 0.224 e. The van der Waals surface area contributed by atoms with E-state index in [-0.39, 0.29) is 23.7 Å². The van der Waals surface area contributed by atoms with E-state index in [9.17, 15) is 18.3 Å². The number of ether oxygens (including phenoxy) is 1. The number of halogens is 3. The molecule has 0 atom stereocenters. The number of anilines is 1. The molecular weight excluding hydrogens is 405 g/mol. The molecule has 3 aromatic carbocycles. The molecule has 158 valence electrons. The van der Waals surface area contributed by atoms with E-state index in [0.29, 0.717) is 29.0 Å². The molecule has 2 N–H and O–H groups in total. The normalized spacial score (nSPS) is 12.6. The van der Waals surface area contributed by atoms with Crippen LogP contribution in [0.3, 0.4) is 0 Å². The van der Waals surface area contributed by atoms with Gasteiger partial charge >= 0.3 is 0 Å². The van der Waals surface area contributed by atoms with Crippen molar-refractivity contribution in [2.24, 2.45) is 4.99 Å². The second-order valence-electron chi connectivity index (χ2n) is 7.03. The summed E-state index contributed by atoms with van der Waals surface area (Å²) < 4.78 is 48.1. The number of benzene rings is 3. The maximum atomic E-state index is 14.9. The Bertz CT molecular complexity index is 1210. The van der Waals surface area contributed by atoms with Crippen LogP contribution in [0.2, 0.25) is 0 Å². The van der Waals surface area contributed by atoms with Crippen molar-refractivity contribution in [3.05, 3.63) is 89.4 Å². The molecule has 1 aliphatic heterocycles. The first-order valence-electron chi connectivity index (χ1n) is 9.70. The quantitative estimate of drug-likeness (QED) is 0.497. The highest BCUT2D eigenvalue weighted by Gasteiger charge is 2.20. The van der Waals surface area contributed by atoms with Gasteiger partial charge in [-0.05, 0) is 65.6 Å². The highest BCUT2D eigenvalue weighted by atomic mass is 19.1. The van der Waals surface area contributed by atoms with E-state index >= 15 is 0 Å². The first-order chi connectivity index (χ1) is 14.9. The van der Waals surface area contributed by atoms with Crippen molar-refractivity contribution in [2.75, 3.05) is 5.32 Å². The summed E-state index contributed by atoms with van der Waals surface area (Å²) in [5, 5.41) is 12.8. The van der Waals surface area contributed by atoms with Gasteiger partial charge in [0.2, 0.25) is 5.90 Å². The van der Waals surface area contributed by atoms with Crippen LogP contribution in [0, 0.1) is 17.5 Å². The molecule has 0 amide bonds. The summed E-state index contributed by atoms with van der Waals surface area (Å²) in [7, 11) is 0. The van der Waals surface area contributed by atoms with E-state index in [1.54, 1.807) is 24.4 Å². The predicted molar refractivity (Wildman–Crippen MR) is 114 cm³/mol. The third kappa shape index (κ3) is 4.40. The lowest BCUT2D eigenvalue weighted by molar-refractivity contribution is 0.474. The van der Waals surface area contributed by atoms with Crippen molar-refractivity contribution in [3.63, 3.8) is 0 Å². The van der Waals surface area contributed by atoms with Crippen molar-refractivity contribution in [1.82, 2.24) is 0 Å². The number of rotatable bonds is 6. The second kappa shape index (κ2) is 8.55. The van der Waals surface area contributed by atoms with E-state index in [4.69, 9.17) is 4.74 Å². The summed E-state index contributed by atoms with van der Waals surface area (Å²) in [6.45, 7) is 1.94. The van der Waals surface area contributed by atoms with Crippen molar-refractivity contribution in [3.8, 4) is 22.6 Å². The average molecular weight is 424 g/mol. The van der Waals surface area contributed by atoms with Crippen LogP contribution in [0.15, 0.2) is 71.4 Å². The first kappa shape index (κ1) is 20.5. The van der Waals surface area contributed by atoms with Crippen LogP contribution >= 0.6 is 0 Å². The molecule has 4 rings (SSSR count). The maximum Gasteiger partial charge on any atom is 0.224 e. The van der Waals surface area contributed by atoms with Gasteiger partial charge in [-0.25, -0.2) is 18.2 Å². The fourth-order valence-electron chi connectivity index (χ4n) is 3.22. The Morgan fingerprint density at radius 1 is 1.00 bits per heavy atom. The van der Waals surface area contributed by atoms with Crippen LogP contribution in [0.1, 0.15) is 18.9 Å². The Morgan fingerprint density at radius 3 is 2.55 bits per heavy atom. The maximum absolute atomic E-state index is 14.9. The Labute approximate surface area is 177 Å². The van der Waals surface area contributed by atoms with Gasteiger partial charge in [0.1, 0.15) is 23.1 Å². The molecular formula is C24H19F3N2O2. The van der Waals surface area contributed by atoms with Gasteiger partial charge in [-0.3, -0.25) is 0 Å². The topological polar surface area (TPSA) is 53.8 Å². The molecule has 7 heteroatoms. The Hall–Kier alpha value is -3.74. The number of aromatic hydroxyl groups is 1. The summed E-state index contributed by atoms with van der Waals surface area (Å²) in [6.07, 6.45) is 2.33. The third-order valence-electron chi connectivity index (χ3n) is 4.86. The van der Waals surface area contributed by atoms with Gasteiger partial charge in [-0.2, -0.15) is 0 Å². The number of phenolic OH excluding ortho intramolecular Hbond substituents is 1. The Morgan fingerprint density at radius 2 is 1.84 bits per heavy atom. The third-order valence-corrected chi connectivity index (χ3v) is 4.86. The fraction of sp³-hybridized carbons (Fsp3) is 0.125. The summed E-state index contributed by atoms with van der Waals surface area (Å²) >= 11 is 0. The molecule has 0 saturated heterocycles. The molecule has 31 heavy (non-hydrogen) atoms. The monoisotopic (exact) mass is 424 g/mol. The lowest BCUT2D eigenvalue weighted by atomic mass is 10.0. The molecule has 3 aromatic rings. The summed E-state index contributed by atoms with van der Waals surface area (Å²) in [6, 6.07) is 12.9. The van der Waals surface area contributed by atoms with Crippen LogP contribution in [0.4, 0.5) is 18.9 Å². The van der Waals surface area contributed by atoms with Gasteiger partial charge in [-0.1, -0.05) is 19.1 Å². The predicted octanol–water partition coefficient (Wildman–Crippen LogP) is 6.17. The Kier molecular flexibility index (Phi) is 5.66. The molecule has 1 aliphatic rings. The second-order valence-corrected chi connectivity index (χ2v) is 7.03. The molecule has 1 heterocycles. The number of nitrogens with zero attached hydrogens (tertiary/aromatic N) is 1. The average Bonchev–Trinajstić information content (AvgIpc) is 2.72. The lowest BCUT2D eigenvalue weighted by Crippen LogP contribution is -2.18. The van der Waals surface area contributed by atoms with Gasteiger partial charge < -0.3 is 15.2 Å². The zero-order valence-corrected chi connectivity index (χ0v) is 16.6. The molecule has 0 aliphatic carbocycles. The van der Waals surface area contributed by atoms with Gasteiger partial charge in [0.05, 0.1) is 0 Å². The molecule has 0 saturated carbocycles. The SMILES string of the molecule is CCC1=CN=C1Oc1ccc(F)c(NCc2cc(O)cc(-c3cccc(F)c3)c2)c1F. The lowest BCUT2D eigenvalue weighted by Gasteiger charge is -2.17. The van der Waals surface area contributed by atoms with Gasteiger partial charge in [0.15, 0.2) is 11.6 Å². The van der Waals surface area contributed by atoms with Gasteiger partial charge in [0.25, 0.3) is 0 Å². The van der Waals surface area contributed by atoms with Crippen molar-refractivity contribution >= 4 is 11.6 Å². The minimum Gasteiger partial charge on any atom is -0.508 e. The summed E-state index contributed by atoms with van der Waals surface area (Å²) in [4.78, 5) is 3.95. The van der Waals surface area contributed by atoms with Crippen LogP contribution in [-0.2, 0) is 6.54 Å². The number of nitrogens with one attached hydrogen (secondary N) is 1. The molecule has 0 unspecified atom stereocenters. The van der Waals surface area contributed by atoms with E-state index < -0.39 is 17.5 Å². The number of phenols is 1. The molecule has 0 radical (unpaired) electrons. The van der Waals surface area contributed by atoms with E-state index in [1.807, 2.05) is 6.92 Å². The van der Waals surface area contributed by atoms with Crippen LogP contribution in [0.5, 0.6) is 11.5 Å². The Balaban J connectivity index is 1.55. The zero-order chi connectivity index (χ0) is 22.0. The van der Waals surface area contributed by atoms with Crippen LogP contribution < -0.4 is 10.1 Å². The molecule has 0 bridgehead atoms. The highest BCUT2D eigenvalue weighted by molar-refractivity contribution is 5.99.